The van der Waals surface area contributed by atoms with Gasteiger partial charge >= 0.3 is 23.9 Å². The number of hydrogen-bond acceptors (Lipinski definition) is 10. The number of aliphatic hydroxyl groups is 2. The minimum absolute atomic E-state index is 0.137. The van der Waals surface area contributed by atoms with E-state index in [1.165, 1.54) is 6.92 Å². The highest BCUT2D eigenvalue weighted by Crippen LogP contribution is 2.56. The number of carbonyl (C=O) groups excluding carboxylic acids is 1. The molecule has 2 heterocycles. The molecule has 2 bridgehead atoms. The Morgan fingerprint density at radius 2 is 1.67 bits per heavy atom. The molecule has 0 aliphatic carbocycles. The second kappa shape index (κ2) is 15.9. The highest BCUT2D eigenvalue weighted by Gasteiger charge is 2.85. The molecule has 1 aromatic carbocycles. The van der Waals surface area contributed by atoms with Gasteiger partial charge in [-0.15, -0.1) is 0 Å². The second-order valence-electron chi connectivity index (χ2n) is 13.5. The third kappa shape index (κ3) is 7.76. The summed E-state index contributed by atoms with van der Waals surface area (Å²) in [6, 6.07) is 9.43. The SMILES string of the molecule is C=C(CC[C@]12O[C@H](C(=O)O)[C@@](O)(C(=O)O)[C@](C(=O)O)(O1)[C@H](OCCC[C@@H](C)C[C@@H](C)CC)[C@H]2O)[C@@H](OC(C)=O)[C@H](C)Cc1ccccc1. The lowest BCUT2D eigenvalue weighted by molar-refractivity contribution is -0.374. The van der Waals surface area contributed by atoms with Gasteiger partial charge in [-0.05, 0) is 55.1 Å². The van der Waals surface area contributed by atoms with Crippen LogP contribution >= 0.6 is 0 Å². The molecule has 0 spiro atoms. The number of ether oxygens (including phenoxy) is 4. The molecule has 2 aliphatic heterocycles. The van der Waals surface area contributed by atoms with Gasteiger partial charge in [0, 0.05) is 25.9 Å². The van der Waals surface area contributed by atoms with Gasteiger partial charge in [-0.3, -0.25) is 4.79 Å². The maximum absolute atomic E-state index is 13.0. The van der Waals surface area contributed by atoms with E-state index in [0.29, 0.717) is 36.7 Å². The molecule has 48 heavy (non-hydrogen) atoms. The van der Waals surface area contributed by atoms with Gasteiger partial charge in [0.1, 0.15) is 18.3 Å². The van der Waals surface area contributed by atoms with Crippen molar-refractivity contribution in [3.63, 3.8) is 0 Å². The van der Waals surface area contributed by atoms with Gasteiger partial charge in [-0.2, -0.15) is 0 Å². The summed E-state index contributed by atoms with van der Waals surface area (Å²) in [6.45, 7) is 13.3. The first-order valence-electron chi connectivity index (χ1n) is 16.4. The van der Waals surface area contributed by atoms with Crippen molar-refractivity contribution in [3.8, 4) is 0 Å². The zero-order chi connectivity index (χ0) is 36.0. The van der Waals surface area contributed by atoms with Crippen LogP contribution in [0.4, 0.5) is 0 Å². The highest BCUT2D eigenvalue weighted by molar-refractivity contribution is 5.97. The topological polar surface area (TPSA) is 206 Å². The Bertz CT molecular complexity index is 1320. The lowest BCUT2D eigenvalue weighted by Gasteiger charge is -2.49. The number of rotatable bonds is 19. The minimum atomic E-state index is -3.71. The fraction of sp³-hybridized carbons (Fsp3) is 0.657. The average molecular weight is 679 g/mol. The Kier molecular flexibility index (Phi) is 12.9. The Morgan fingerprint density at radius 1 is 1.02 bits per heavy atom. The zero-order valence-corrected chi connectivity index (χ0v) is 28.3. The van der Waals surface area contributed by atoms with Crippen LogP contribution in [-0.2, 0) is 44.5 Å². The molecule has 10 atom stereocenters. The molecular formula is C35H50O13. The smallest absolute Gasteiger partial charge is 0.343 e. The number of carbonyl (C=O) groups is 4. The fourth-order valence-corrected chi connectivity index (χ4v) is 6.97. The summed E-state index contributed by atoms with van der Waals surface area (Å²) in [6.07, 6.45) is -4.66. The van der Waals surface area contributed by atoms with E-state index in [2.05, 4.69) is 27.4 Å². The van der Waals surface area contributed by atoms with E-state index in [1.54, 1.807) is 0 Å². The number of aliphatic hydroxyl groups excluding tert-OH is 1. The van der Waals surface area contributed by atoms with Crippen LogP contribution in [0.3, 0.4) is 0 Å². The van der Waals surface area contributed by atoms with Crippen molar-refractivity contribution in [1.82, 2.24) is 0 Å². The van der Waals surface area contributed by atoms with Crippen molar-refractivity contribution in [3.05, 3.63) is 48.0 Å². The summed E-state index contributed by atoms with van der Waals surface area (Å²) >= 11 is 0. The average Bonchev–Trinajstić information content (AvgIpc) is 3.24. The number of hydrogen-bond donors (Lipinski definition) is 5. The number of esters is 1. The van der Waals surface area contributed by atoms with E-state index in [1.807, 2.05) is 37.3 Å². The monoisotopic (exact) mass is 678 g/mol. The lowest BCUT2D eigenvalue weighted by Crippen LogP contribution is -2.78. The van der Waals surface area contributed by atoms with Crippen LogP contribution in [0.5, 0.6) is 0 Å². The molecule has 268 valence electrons. The van der Waals surface area contributed by atoms with E-state index in [9.17, 15) is 44.7 Å². The van der Waals surface area contributed by atoms with Crippen LogP contribution in [-0.4, -0.2) is 97.4 Å². The molecule has 5 N–H and O–H groups in total. The van der Waals surface area contributed by atoms with Crippen molar-refractivity contribution in [1.29, 1.82) is 0 Å². The molecule has 0 aromatic heterocycles. The molecule has 2 aliphatic rings. The molecule has 0 unspecified atom stereocenters. The number of carboxylic acid groups (broad SMARTS) is 3. The Balaban J connectivity index is 1.94. The van der Waals surface area contributed by atoms with Crippen molar-refractivity contribution in [2.45, 2.75) is 121 Å². The third-order valence-electron chi connectivity index (χ3n) is 9.65. The summed E-state index contributed by atoms with van der Waals surface area (Å²) in [5.41, 5.74) is -5.69. The maximum Gasteiger partial charge on any atom is 0.343 e. The van der Waals surface area contributed by atoms with Crippen LogP contribution in [0.25, 0.3) is 0 Å². The first kappa shape index (κ1) is 39.1. The van der Waals surface area contributed by atoms with Crippen molar-refractivity contribution < 1.29 is 63.7 Å². The van der Waals surface area contributed by atoms with E-state index in [-0.39, 0.29) is 18.9 Å². The minimum Gasteiger partial charge on any atom is -0.479 e. The third-order valence-corrected chi connectivity index (χ3v) is 9.65. The molecule has 1 aromatic rings. The van der Waals surface area contributed by atoms with Crippen LogP contribution in [0.1, 0.15) is 78.7 Å². The van der Waals surface area contributed by atoms with E-state index < -0.39 is 71.7 Å². The van der Waals surface area contributed by atoms with Gasteiger partial charge in [0.25, 0.3) is 0 Å². The first-order valence-corrected chi connectivity index (χ1v) is 16.4. The molecule has 0 amide bonds. The Hall–Kier alpha value is -3.36. The molecular weight excluding hydrogens is 628 g/mol. The van der Waals surface area contributed by atoms with Gasteiger partial charge in [-0.1, -0.05) is 71.0 Å². The summed E-state index contributed by atoms with van der Waals surface area (Å²) in [5, 5.41) is 53.7. The Labute approximate surface area is 280 Å². The molecule has 13 heteroatoms. The summed E-state index contributed by atoms with van der Waals surface area (Å²) in [5.74, 6) is -8.82. The summed E-state index contributed by atoms with van der Waals surface area (Å²) < 4.78 is 22.8. The molecule has 13 nitrogen and oxygen atoms in total. The number of aliphatic carboxylic acids is 3. The van der Waals surface area contributed by atoms with Gasteiger partial charge in [0.05, 0.1) is 0 Å². The normalized spacial score (nSPS) is 30.5. The molecule has 0 radical (unpaired) electrons. The van der Waals surface area contributed by atoms with Gasteiger partial charge < -0.3 is 44.5 Å². The van der Waals surface area contributed by atoms with Crippen molar-refractivity contribution in [2.75, 3.05) is 6.61 Å². The molecule has 3 rings (SSSR count). The van der Waals surface area contributed by atoms with Crippen LogP contribution in [0, 0.1) is 17.8 Å². The van der Waals surface area contributed by atoms with E-state index >= 15 is 0 Å². The molecule has 0 saturated carbocycles. The molecule has 2 saturated heterocycles. The van der Waals surface area contributed by atoms with Crippen LogP contribution < -0.4 is 0 Å². The van der Waals surface area contributed by atoms with Crippen LogP contribution in [0.15, 0.2) is 42.5 Å². The largest absolute Gasteiger partial charge is 0.479 e. The first-order chi connectivity index (χ1) is 22.5. The van der Waals surface area contributed by atoms with Gasteiger partial charge in [0.15, 0.2) is 5.79 Å². The predicted octanol–water partition coefficient (Wildman–Crippen LogP) is 3.58. The summed E-state index contributed by atoms with van der Waals surface area (Å²) in [7, 11) is 0. The fourth-order valence-electron chi connectivity index (χ4n) is 6.97. The van der Waals surface area contributed by atoms with Crippen molar-refractivity contribution >= 4 is 23.9 Å². The number of carboxylic acids is 3. The number of fused-ring (bicyclic) bond motifs is 2. The summed E-state index contributed by atoms with van der Waals surface area (Å²) in [4.78, 5) is 50.0. The van der Waals surface area contributed by atoms with Crippen molar-refractivity contribution in [2.24, 2.45) is 17.8 Å². The predicted molar refractivity (Wildman–Crippen MR) is 171 cm³/mol. The number of benzene rings is 1. The molecule has 2 fully saturated rings. The lowest BCUT2D eigenvalue weighted by atomic mass is 9.74. The van der Waals surface area contributed by atoms with Gasteiger partial charge in [-0.25, -0.2) is 14.4 Å². The highest BCUT2D eigenvalue weighted by atomic mass is 16.8. The standard InChI is InChI=1S/C35H50O13/c1-7-20(2)18-21(3)12-11-17-45-28-27(37)33(47-29(30(38)39)34(44,31(40)41)35(28,48-33)32(42)43)16-15-22(4)26(46-24(6)36)23(5)19-25-13-9-8-10-14-25/h8-10,13-14,20-21,23,26-29,37,44H,4,7,11-12,15-19H2,1-3,5-6H3,(H,38,39)(H,40,41)(H,42,43)/t20-,21+,23+,26+,27+,28+,29+,33-,34+,35-/m0/s1. The van der Waals surface area contributed by atoms with E-state index in [0.717, 1.165) is 18.4 Å². The van der Waals surface area contributed by atoms with E-state index in [4.69, 9.17) is 18.9 Å². The van der Waals surface area contributed by atoms with Crippen LogP contribution in [0.2, 0.25) is 0 Å². The zero-order valence-electron chi connectivity index (χ0n) is 28.3. The quantitative estimate of drug-likeness (QED) is 0.0807. The maximum atomic E-state index is 13.0. The Morgan fingerprint density at radius 3 is 2.21 bits per heavy atom. The van der Waals surface area contributed by atoms with Gasteiger partial charge in [0.2, 0.25) is 17.3 Å². The second-order valence-corrected chi connectivity index (χ2v) is 13.5.